The molecule has 1 aliphatic heterocycles. The molecule has 0 spiro atoms. The summed E-state index contributed by atoms with van der Waals surface area (Å²) in [6, 6.07) is 8.00. The minimum Gasteiger partial charge on any atom is -0.497 e. The van der Waals surface area contributed by atoms with Crippen molar-refractivity contribution >= 4 is 0 Å². The van der Waals surface area contributed by atoms with Crippen LogP contribution in [0.15, 0.2) is 36.9 Å². The van der Waals surface area contributed by atoms with Crippen molar-refractivity contribution in [3.8, 4) is 5.75 Å². The summed E-state index contributed by atoms with van der Waals surface area (Å²) in [7, 11) is 1.68. The molecule has 3 nitrogen and oxygen atoms in total. The van der Waals surface area contributed by atoms with Gasteiger partial charge in [-0.1, -0.05) is 18.2 Å². The van der Waals surface area contributed by atoms with Gasteiger partial charge in [0.2, 0.25) is 0 Å². The molecular formula is C18H26O3. The second-order valence-corrected chi connectivity index (χ2v) is 5.52. The van der Waals surface area contributed by atoms with Crippen LogP contribution < -0.4 is 4.74 Å². The molecule has 1 aliphatic rings. The van der Waals surface area contributed by atoms with Crippen LogP contribution in [0.5, 0.6) is 5.75 Å². The Morgan fingerprint density at radius 3 is 2.71 bits per heavy atom. The number of ether oxygens (including phenoxy) is 3. The van der Waals surface area contributed by atoms with Gasteiger partial charge in [0.1, 0.15) is 5.75 Å². The number of hydrogen-bond donors (Lipinski definition) is 0. The highest BCUT2D eigenvalue weighted by Crippen LogP contribution is 2.23. The first-order chi connectivity index (χ1) is 10.3. The van der Waals surface area contributed by atoms with Crippen LogP contribution in [0.1, 0.15) is 37.7 Å². The van der Waals surface area contributed by atoms with Gasteiger partial charge in [-0.15, -0.1) is 6.58 Å². The molecule has 2 rings (SSSR count). The van der Waals surface area contributed by atoms with E-state index in [-0.39, 0.29) is 0 Å². The summed E-state index contributed by atoms with van der Waals surface area (Å²) in [6.07, 6.45) is 8.17. The highest BCUT2D eigenvalue weighted by molar-refractivity contribution is 5.26. The molecule has 0 amide bonds. The molecule has 0 N–H and O–H groups in total. The lowest BCUT2D eigenvalue weighted by Gasteiger charge is -2.29. The molecule has 0 unspecified atom stereocenters. The Balaban J connectivity index is 1.63. The summed E-state index contributed by atoms with van der Waals surface area (Å²) >= 11 is 0. The molecule has 1 aromatic carbocycles. The Kier molecular flexibility index (Phi) is 6.77. The van der Waals surface area contributed by atoms with Gasteiger partial charge in [-0.2, -0.15) is 0 Å². The van der Waals surface area contributed by atoms with E-state index in [1.54, 1.807) is 7.11 Å². The highest BCUT2D eigenvalue weighted by Gasteiger charge is 2.20. The van der Waals surface area contributed by atoms with Crippen LogP contribution in [0.4, 0.5) is 0 Å². The molecule has 21 heavy (non-hydrogen) atoms. The fraction of sp³-hybridized carbons (Fsp3) is 0.556. The number of methoxy groups -OCH3 is 1. The van der Waals surface area contributed by atoms with Crippen molar-refractivity contribution in [3.05, 3.63) is 42.5 Å². The Morgan fingerprint density at radius 2 is 2.00 bits per heavy atom. The zero-order chi connectivity index (χ0) is 14.9. The second-order valence-electron chi connectivity index (χ2n) is 5.52. The van der Waals surface area contributed by atoms with Gasteiger partial charge in [-0.05, 0) is 49.8 Å². The largest absolute Gasteiger partial charge is 0.497 e. The van der Waals surface area contributed by atoms with E-state index in [4.69, 9.17) is 14.2 Å². The Morgan fingerprint density at radius 1 is 1.24 bits per heavy atom. The van der Waals surface area contributed by atoms with E-state index in [1.807, 2.05) is 30.3 Å². The van der Waals surface area contributed by atoms with Crippen molar-refractivity contribution in [2.24, 2.45) is 0 Å². The molecule has 0 bridgehead atoms. The van der Waals surface area contributed by atoms with E-state index in [2.05, 4.69) is 6.58 Å². The molecule has 1 heterocycles. The molecule has 116 valence electrons. The maximum atomic E-state index is 6.04. The normalized spacial score (nSPS) is 22.0. The maximum absolute atomic E-state index is 6.04. The smallest absolute Gasteiger partial charge is 0.118 e. The lowest BCUT2D eigenvalue weighted by molar-refractivity contribution is -0.0618. The van der Waals surface area contributed by atoms with E-state index in [0.29, 0.717) is 18.8 Å². The second kappa shape index (κ2) is 8.85. The Labute approximate surface area is 127 Å². The van der Waals surface area contributed by atoms with Crippen LogP contribution in [0.2, 0.25) is 0 Å². The number of benzene rings is 1. The molecular weight excluding hydrogens is 264 g/mol. The standard InChI is InChI=1S/C18H26O3/c1-3-5-17-6-4-7-18(21-17)12-13-20-14-15-8-10-16(19-2)11-9-15/h3,8-11,17-18H,1,4-7,12-14H2,2H3/t17-,18+/m1/s1. The van der Waals surface area contributed by atoms with E-state index in [0.717, 1.165) is 38.0 Å². The topological polar surface area (TPSA) is 27.7 Å². The summed E-state index contributed by atoms with van der Waals surface area (Å²) in [6.45, 7) is 5.18. The highest BCUT2D eigenvalue weighted by atomic mass is 16.5. The summed E-state index contributed by atoms with van der Waals surface area (Å²) in [5.74, 6) is 0.877. The first kappa shape index (κ1) is 16.1. The Hall–Kier alpha value is -1.32. The third-order valence-corrected chi connectivity index (χ3v) is 3.88. The fourth-order valence-electron chi connectivity index (χ4n) is 2.68. The van der Waals surface area contributed by atoms with E-state index < -0.39 is 0 Å². The zero-order valence-electron chi connectivity index (χ0n) is 12.9. The molecule has 1 fully saturated rings. The predicted molar refractivity (Wildman–Crippen MR) is 84.6 cm³/mol. The van der Waals surface area contributed by atoms with Crippen LogP contribution >= 0.6 is 0 Å². The fourth-order valence-corrected chi connectivity index (χ4v) is 2.68. The van der Waals surface area contributed by atoms with Crippen LogP contribution in [0.3, 0.4) is 0 Å². The van der Waals surface area contributed by atoms with Gasteiger partial charge >= 0.3 is 0 Å². The first-order valence-electron chi connectivity index (χ1n) is 7.79. The van der Waals surface area contributed by atoms with Crippen molar-refractivity contribution in [2.45, 2.75) is 50.9 Å². The summed E-state index contributed by atoms with van der Waals surface area (Å²) in [4.78, 5) is 0. The molecule has 3 heteroatoms. The van der Waals surface area contributed by atoms with Crippen LogP contribution in [-0.4, -0.2) is 25.9 Å². The van der Waals surface area contributed by atoms with Crippen molar-refractivity contribution in [2.75, 3.05) is 13.7 Å². The van der Waals surface area contributed by atoms with Gasteiger partial charge in [0.25, 0.3) is 0 Å². The maximum Gasteiger partial charge on any atom is 0.118 e. The van der Waals surface area contributed by atoms with Crippen molar-refractivity contribution in [1.82, 2.24) is 0 Å². The molecule has 0 aromatic heterocycles. The summed E-state index contributed by atoms with van der Waals surface area (Å²) in [5.41, 5.74) is 1.17. The predicted octanol–water partition coefficient (Wildman–Crippen LogP) is 4.12. The Bertz CT molecular complexity index is 413. The van der Waals surface area contributed by atoms with Crippen molar-refractivity contribution in [1.29, 1.82) is 0 Å². The van der Waals surface area contributed by atoms with Gasteiger partial charge in [0.05, 0.1) is 25.9 Å². The minimum absolute atomic E-state index is 0.347. The van der Waals surface area contributed by atoms with Crippen molar-refractivity contribution in [3.63, 3.8) is 0 Å². The minimum atomic E-state index is 0.347. The number of rotatable bonds is 8. The molecule has 0 saturated carbocycles. The number of hydrogen-bond acceptors (Lipinski definition) is 3. The van der Waals surface area contributed by atoms with Gasteiger partial charge in [-0.25, -0.2) is 0 Å². The average Bonchev–Trinajstić information content (AvgIpc) is 2.53. The summed E-state index contributed by atoms with van der Waals surface area (Å²) < 4.78 is 16.9. The van der Waals surface area contributed by atoms with Crippen LogP contribution in [-0.2, 0) is 16.1 Å². The summed E-state index contributed by atoms with van der Waals surface area (Å²) in [5, 5.41) is 0. The molecule has 0 aliphatic carbocycles. The van der Waals surface area contributed by atoms with Gasteiger partial charge in [0, 0.05) is 6.61 Å². The van der Waals surface area contributed by atoms with Crippen LogP contribution in [0.25, 0.3) is 0 Å². The van der Waals surface area contributed by atoms with E-state index in [9.17, 15) is 0 Å². The first-order valence-corrected chi connectivity index (χ1v) is 7.79. The van der Waals surface area contributed by atoms with E-state index >= 15 is 0 Å². The zero-order valence-corrected chi connectivity index (χ0v) is 12.9. The van der Waals surface area contributed by atoms with Gasteiger partial charge in [0.15, 0.2) is 0 Å². The lowest BCUT2D eigenvalue weighted by atomic mass is 10.0. The van der Waals surface area contributed by atoms with Crippen molar-refractivity contribution < 1.29 is 14.2 Å². The molecule has 2 atom stereocenters. The quantitative estimate of drug-likeness (QED) is 0.532. The third-order valence-electron chi connectivity index (χ3n) is 3.88. The van der Waals surface area contributed by atoms with E-state index in [1.165, 1.54) is 12.0 Å². The molecule has 1 saturated heterocycles. The third kappa shape index (κ3) is 5.52. The van der Waals surface area contributed by atoms with Gasteiger partial charge < -0.3 is 14.2 Å². The SMILES string of the molecule is C=CC[C@@H]1CCC[C@@H](CCOCc2ccc(OC)cc2)O1. The monoisotopic (exact) mass is 290 g/mol. The molecule has 0 radical (unpaired) electrons. The average molecular weight is 290 g/mol. The lowest BCUT2D eigenvalue weighted by Crippen LogP contribution is -2.28. The molecule has 1 aromatic rings. The van der Waals surface area contributed by atoms with Crippen LogP contribution in [0, 0.1) is 0 Å². The van der Waals surface area contributed by atoms with Gasteiger partial charge in [-0.3, -0.25) is 0 Å².